The molecule has 0 aliphatic carbocycles. The molecule has 0 saturated heterocycles. The fourth-order valence-corrected chi connectivity index (χ4v) is 13.5. The molecule has 0 saturated carbocycles. The van der Waals surface area contributed by atoms with E-state index in [0.717, 1.165) is 32.2 Å². The zero-order valence-electron chi connectivity index (χ0n) is 15.8. The first-order valence-electron chi connectivity index (χ1n) is 8.50. The highest BCUT2D eigenvalue weighted by molar-refractivity contribution is 8.31. The van der Waals surface area contributed by atoms with Crippen molar-refractivity contribution in [3.05, 3.63) is 24.3 Å². The Morgan fingerprint density at radius 3 is 1.69 bits per heavy atom. The molecule has 0 aliphatic heterocycles. The predicted molar refractivity (Wildman–Crippen MR) is 159 cm³/mol. The number of benzene rings is 1. The van der Waals surface area contributed by atoms with Gasteiger partial charge in [0.1, 0.15) is 5.52 Å². The lowest BCUT2D eigenvalue weighted by Gasteiger charge is -2.04. The first-order chi connectivity index (χ1) is 14.4. The molecule has 29 heavy (non-hydrogen) atoms. The molecular weight excluding hydrogens is 555 g/mol. The molecule has 0 unspecified atom stereocenters. The van der Waals surface area contributed by atoms with Crippen molar-refractivity contribution in [1.82, 2.24) is 15.0 Å². The van der Waals surface area contributed by atoms with Crippen molar-refractivity contribution >= 4 is 130 Å². The maximum absolute atomic E-state index is 4.23. The Morgan fingerprint density at radius 1 is 0.655 bits per heavy atom. The van der Waals surface area contributed by atoms with E-state index >= 15 is 0 Å². The third-order valence-corrected chi connectivity index (χ3v) is 14.9. The molecule has 13 heteroatoms. The van der Waals surface area contributed by atoms with Gasteiger partial charge in [-0.2, -0.15) is 12.6 Å². The van der Waals surface area contributed by atoms with Gasteiger partial charge in [0.15, 0.2) is 0 Å². The Bertz CT molecular complexity index is 644. The maximum Gasteiger partial charge on any atom is 0.113 e. The minimum Gasteiger partial charge on any atom is -0.235 e. The average molecular weight is 580 g/mol. The topological polar surface area (TPSA) is 30.7 Å². The quantitative estimate of drug-likeness (QED) is 0.102. The van der Waals surface area contributed by atoms with E-state index in [1.165, 1.54) is 30.5 Å². The zero-order valence-corrected chi connectivity index (χ0v) is 24.1. The second-order valence-corrected chi connectivity index (χ2v) is 17.6. The molecule has 0 fully saturated rings. The summed E-state index contributed by atoms with van der Waals surface area (Å²) in [5.74, 6) is 0.868. The number of fused-ring (bicyclic) bond motifs is 1. The van der Waals surface area contributed by atoms with Crippen molar-refractivity contribution in [2.45, 2.75) is 5.88 Å². The Labute approximate surface area is 218 Å². The molecule has 1 aromatic carbocycles. The second-order valence-electron chi connectivity index (χ2n) is 5.12. The summed E-state index contributed by atoms with van der Waals surface area (Å²) in [4.78, 5) is 0. The Balaban J connectivity index is 1.29. The number of thiol groups is 1. The van der Waals surface area contributed by atoms with Crippen LogP contribution in [0.1, 0.15) is 0 Å². The van der Waals surface area contributed by atoms with Crippen LogP contribution >= 0.6 is 118 Å². The molecule has 0 N–H and O–H groups in total. The van der Waals surface area contributed by atoms with Gasteiger partial charge in [0.2, 0.25) is 0 Å². The highest BCUT2D eigenvalue weighted by Crippen LogP contribution is 2.27. The van der Waals surface area contributed by atoms with Gasteiger partial charge in [-0.1, -0.05) is 17.3 Å². The molecule has 0 aliphatic rings. The summed E-state index contributed by atoms with van der Waals surface area (Å²) in [6.45, 7) is 0. The van der Waals surface area contributed by atoms with Gasteiger partial charge >= 0.3 is 0 Å². The van der Waals surface area contributed by atoms with Gasteiger partial charge in [0.05, 0.1) is 11.4 Å². The second kappa shape index (κ2) is 19.6. The van der Waals surface area contributed by atoms with E-state index in [9.17, 15) is 0 Å². The number of para-hydroxylation sites is 1. The molecule has 1 aromatic heterocycles. The van der Waals surface area contributed by atoms with Crippen molar-refractivity contribution in [3.63, 3.8) is 0 Å². The van der Waals surface area contributed by atoms with E-state index in [1.54, 1.807) is 0 Å². The molecule has 2 aromatic rings. The van der Waals surface area contributed by atoms with Gasteiger partial charge < -0.3 is 0 Å². The molecule has 0 amide bonds. The maximum atomic E-state index is 4.23. The van der Waals surface area contributed by atoms with Crippen molar-refractivity contribution in [2.75, 3.05) is 45.8 Å². The highest BCUT2D eigenvalue weighted by Gasteiger charge is 2.02. The van der Waals surface area contributed by atoms with E-state index in [-0.39, 0.29) is 0 Å². The number of aromatic nitrogens is 3. The molecule has 0 radical (unpaired) electrons. The SMILES string of the molecule is SCSCSCSCSCSCSCSCSCSCn1nnc2ccccc21. The summed E-state index contributed by atoms with van der Waals surface area (Å²) in [5.41, 5.74) is 2.09. The van der Waals surface area contributed by atoms with Crippen LogP contribution < -0.4 is 0 Å². The summed E-state index contributed by atoms with van der Waals surface area (Å²) in [5, 5.41) is 18.8. The van der Waals surface area contributed by atoms with Gasteiger partial charge in [-0.05, 0) is 12.1 Å². The van der Waals surface area contributed by atoms with Crippen molar-refractivity contribution < 1.29 is 0 Å². The molecular formula is C16H25N3S10. The van der Waals surface area contributed by atoms with Crippen LogP contribution in [-0.2, 0) is 5.88 Å². The van der Waals surface area contributed by atoms with Crippen LogP contribution in [0.25, 0.3) is 11.0 Å². The summed E-state index contributed by atoms with van der Waals surface area (Å²) >= 11 is 22.2. The molecule has 0 atom stereocenters. The summed E-state index contributed by atoms with van der Waals surface area (Å²) in [6.07, 6.45) is 0. The summed E-state index contributed by atoms with van der Waals surface area (Å²) in [6, 6.07) is 8.13. The van der Waals surface area contributed by atoms with Crippen molar-refractivity contribution in [1.29, 1.82) is 0 Å². The van der Waals surface area contributed by atoms with Crippen molar-refractivity contribution in [3.8, 4) is 0 Å². The van der Waals surface area contributed by atoms with Gasteiger partial charge in [0, 0.05) is 45.8 Å². The van der Waals surface area contributed by atoms with Gasteiger partial charge in [-0.25, -0.2) is 4.68 Å². The molecule has 164 valence electrons. The lowest BCUT2D eigenvalue weighted by atomic mass is 10.3. The summed E-state index contributed by atoms with van der Waals surface area (Å²) in [7, 11) is 0. The Kier molecular flexibility index (Phi) is 18.5. The standard InChI is InChI=1S/C16H25N3S10/c20-6-22-8-24-10-26-12-28-14-29-13-27-11-25-9-23-7-21-5-19-16-4-2-1-3-15(16)17-18-19/h1-4,20H,5-14H2. The number of thioether (sulfide) groups is 9. The molecule has 0 bridgehead atoms. The van der Waals surface area contributed by atoms with Gasteiger partial charge in [-0.15, -0.1) is 111 Å². The van der Waals surface area contributed by atoms with E-state index in [1.807, 2.05) is 129 Å². The van der Waals surface area contributed by atoms with E-state index in [2.05, 4.69) is 29.0 Å². The van der Waals surface area contributed by atoms with E-state index in [4.69, 9.17) is 0 Å². The normalized spacial score (nSPS) is 11.5. The third-order valence-electron chi connectivity index (χ3n) is 3.06. The molecule has 2 rings (SSSR count). The van der Waals surface area contributed by atoms with Crippen LogP contribution in [0.15, 0.2) is 24.3 Å². The van der Waals surface area contributed by atoms with Crippen LogP contribution in [0.4, 0.5) is 0 Å². The summed E-state index contributed by atoms with van der Waals surface area (Å²) < 4.78 is 1.98. The monoisotopic (exact) mass is 579 g/mol. The molecule has 3 nitrogen and oxygen atoms in total. The molecule has 1 heterocycles. The van der Waals surface area contributed by atoms with Crippen LogP contribution in [-0.4, -0.2) is 60.8 Å². The van der Waals surface area contributed by atoms with Crippen LogP contribution in [0.2, 0.25) is 0 Å². The largest absolute Gasteiger partial charge is 0.235 e. The van der Waals surface area contributed by atoms with E-state index < -0.39 is 0 Å². The predicted octanol–water partition coefficient (Wildman–Crippen LogP) is 7.53. The first kappa shape index (κ1) is 27.4. The van der Waals surface area contributed by atoms with Gasteiger partial charge in [0.25, 0.3) is 0 Å². The third kappa shape index (κ3) is 13.4. The van der Waals surface area contributed by atoms with Crippen molar-refractivity contribution in [2.24, 2.45) is 0 Å². The van der Waals surface area contributed by atoms with E-state index in [0.29, 0.717) is 0 Å². The Morgan fingerprint density at radius 2 is 1.14 bits per heavy atom. The minimum absolute atomic E-state index is 0.868. The zero-order chi connectivity index (χ0) is 20.4. The minimum atomic E-state index is 0.868. The number of hydrogen-bond donors (Lipinski definition) is 1. The first-order valence-corrected chi connectivity index (χ1v) is 19.5. The highest BCUT2D eigenvalue weighted by atomic mass is 32.3. The number of hydrogen-bond acceptors (Lipinski definition) is 12. The van der Waals surface area contributed by atoms with Crippen LogP contribution in [0, 0.1) is 0 Å². The number of rotatable bonds is 19. The number of nitrogens with zero attached hydrogens (tertiary/aromatic N) is 3. The smallest absolute Gasteiger partial charge is 0.113 e. The average Bonchev–Trinajstić information content (AvgIpc) is 3.16. The van der Waals surface area contributed by atoms with Gasteiger partial charge in [-0.3, -0.25) is 0 Å². The lowest BCUT2D eigenvalue weighted by molar-refractivity contribution is 0.723. The van der Waals surface area contributed by atoms with Crippen LogP contribution in [0.5, 0.6) is 0 Å². The molecule has 0 spiro atoms. The van der Waals surface area contributed by atoms with Crippen LogP contribution in [0.3, 0.4) is 0 Å². The lowest BCUT2D eigenvalue weighted by Crippen LogP contribution is -1.97. The fourth-order valence-electron chi connectivity index (χ4n) is 1.88. The fraction of sp³-hybridized carbons (Fsp3) is 0.625. The Hall–Kier alpha value is 2.12.